The van der Waals surface area contributed by atoms with Crippen molar-refractivity contribution >= 4 is 22.4 Å². The van der Waals surface area contributed by atoms with E-state index < -0.39 is 10.0 Å². The molecule has 2 N–H and O–H groups in total. The minimum absolute atomic E-state index is 0. The second-order valence-electron chi connectivity index (χ2n) is 5.09. The van der Waals surface area contributed by atoms with Crippen LogP contribution in [0.5, 0.6) is 0 Å². The first kappa shape index (κ1) is 19.6. The van der Waals surface area contributed by atoms with Crippen LogP contribution in [0.1, 0.15) is 19.7 Å². The quantitative estimate of drug-likeness (QED) is 0.792. The molecule has 0 aliphatic carbocycles. The third-order valence-corrected chi connectivity index (χ3v) is 4.65. The van der Waals surface area contributed by atoms with Crippen LogP contribution in [-0.4, -0.2) is 32.5 Å². The number of hydrogen-bond acceptors (Lipinski definition) is 5. The summed E-state index contributed by atoms with van der Waals surface area (Å²) in [4.78, 5) is 4.45. The van der Waals surface area contributed by atoms with Gasteiger partial charge in [-0.15, -0.1) is 12.4 Å². The predicted octanol–water partition coefficient (Wildman–Crippen LogP) is 2.35. The monoisotopic (exact) mass is 359 g/mol. The Morgan fingerprint density at radius 1 is 1.26 bits per heavy atom. The number of hydrogen-bond donors (Lipinski definition) is 2. The van der Waals surface area contributed by atoms with Crippen molar-refractivity contribution in [1.29, 1.82) is 0 Å². The number of nitrogens with zero attached hydrogens (tertiary/aromatic N) is 1. The number of nitrogens with one attached hydrogen (secondary N) is 2. The van der Waals surface area contributed by atoms with Gasteiger partial charge in [-0.25, -0.2) is 18.1 Å². The molecule has 0 amide bonds. The molecule has 0 unspecified atom stereocenters. The molecule has 2 aromatic rings. The third-order valence-electron chi connectivity index (χ3n) is 3.21. The normalized spacial score (nSPS) is 12.7. The number of rotatable bonds is 7. The minimum atomic E-state index is -3.50. The average molecular weight is 360 g/mol. The number of sulfonamides is 1. The van der Waals surface area contributed by atoms with Crippen molar-refractivity contribution in [2.24, 2.45) is 0 Å². The zero-order chi connectivity index (χ0) is 16.2. The highest BCUT2D eigenvalue weighted by atomic mass is 35.5. The molecule has 0 aliphatic rings. The van der Waals surface area contributed by atoms with Crippen LogP contribution >= 0.6 is 12.4 Å². The number of benzene rings is 1. The van der Waals surface area contributed by atoms with Gasteiger partial charge in [0.25, 0.3) is 0 Å². The standard InChI is InChI=1S/C15H21N3O3S.ClH/c1-4-16-11(2)9-17-22(19,20)14-7-5-13(6-8-14)15-10-21-12(3)18-15;/h5-8,10-11,16-17H,4,9H2,1-3H3;1H/t11-;/m1./s1. The van der Waals surface area contributed by atoms with Gasteiger partial charge >= 0.3 is 0 Å². The molecule has 0 saturated heterocycles. The summed E-state index contributed by atoms with van der Waals surface area (Å²) in [6.45, 7) is 6.82. The van der Waals surface area contributed by atoms with Gasteiger partial charge in [0, 0.05) is 25.1 Å². The van der Waals surface area contributed by atoms with Gasteiger partial charge in [0.15, 0.2) is 5.89 Å². The van der Waals surface area contributed by atoms with Crippen molar-refractivity contribution in [3.05, 3.63) is 36.4 Å². The Balaban J connectivity index is 0.00000264. The summed E-state index contributed by atoms with van der Waals surface area (Å²) in [7, 11) is -3.50. The molecule has 1 aromatic carbocycles. The summed E-state index contributed by atoms with van der Waals surface area (Å²) in [5, 5.41) is 3.16. The van der Waals surface area contributed by atoms with Gasteiger partial charge in [0.2, 0.25) is 10.0 Å². The van der Waals surface area contributed by atoms with E-state index in [2.05, 4.69) is 15.0 Å². The van der Waals surface area contributed by atoms with Crippen LogP contribution in [0.4, 0.5) is 0 Å². The van der Waals surface area contributed by atoms with E-state index in [0.717, 1.165) is 12.1 Å². The summed E-state index contributed by atoms with van der Waals surface area (Å²) in [5.41, 5.74) is 1.51. The van der Waals surface area contributed by atoms with Gasteiger partial charge in [-0.3, -0.25) is 0 Å². The molecule has 23 heavy (non-hydrogen) atoms. The van der Waals surface area contributed by atoms with Crippen molar-refractivity contribution in [2.45, 2.75) is 31.7 Å². The Morgan fingerprint density at radius 2 is 1.91 bits per heavy atom. The molecule has 1 heterocycles. The summed E-state index contributed by atoms with van der Waals surface area (Å²) in [6.07, 6.45) is 1.55. The molecule has 1 aromatic heterocycles. The summed E-state index contributed by atoms with van der Waals surface area (Å²) in [6, 6.07) is 6.66. The second-order valence-corrected chi connectivity index (χ2v) is 6.85. The van der Waals surface area contributed by atoms with Crippen molar-refractivity contribution in [2.75, 3.05) is 13.1 Å². The fourth-order valence-electron chi connectivity index (χ4n) is 2.04. The highest BCUT2D eigenvalue weighted by molar-refractivity contribution is 7.89. The van der Waals surface area contributed by atoms with E-state index >= 15 is 0 Å². The van der Waals surface area contributed by atoms with E-state index in [4.69, 9.17) is 4.42 Å². The first-order valence-corrected chi connectivity index (χ1v) is 8.66. The lowest BCUT2D eigenvalue weighted by Gasteiger charge is -2.13. The Labute approximate surface area is 143 Å². The molecule has 0 fully saturated rings. The molecule has 0 aliphatic heterocycles. The first-order valence-electron chi connectivity index (χ1n) is 7.18. The van der Waals surface area contributed by atoms with Crippen LogP contribution < -0.4 is 10.0 Å². The van der Waals surface area contributed by atoms with E-state index in [1.54, 1.807) is 37.5 Å². The Morgan fingerprint density at radius 3 is 2.43 bits per heavy atom. The van der Waals surface area contributed by atoms with Crippen LogP contribution in [0.15, 0.2) is 39.8 Å². The number of halogens is 1. The SMILES string of the molecule is CCN[C@H](C)CNS(=O)(=O)c1ccc(-c2coc(C)n2)cc1.Cl. The lowest BCUT2D eigenvalue weighted by molar-refractivity contribution is 0.521. The highest BCUT2D eigenvalue weighted by Crippen LogP contribution is 2.20. The smallest absolute Gasteiger partial charge is 0.240 e. The van der Waals surface area contributed by atoms with Crippen molar-refractivity contribution in [3.8, 4) is 11.3 Å². The maximum atomic E-state index is 12.2. The van der Waals surface area contributed by atoms with Crippen molar-refractivity contribution < 1.29 is 12.8 Å². The second kappa shape index (κ2) is 8.44. The molecule has 1 atom stereocenters. The predicted molar refractivity (Wildman–Crippen MR) is 92.3 cm³/mol. The molecule has 0 spiro atoms. The lowest BCUT2D eigenvalue weighted by atomic mass is 10.2. The van der Waals surface area contributed by atoms with E-state index in [1.165, 1.54) is 0 Å². The zero-order valence-electron chi connectivity index (χ0n) is 13.4. The largest absolute Gasteiger partial charge is 0.449 e. The van der Waals surface area contributed by atoms with Gasteiger partial charge in [0.05, 0.1) is 4.90 Å². The number of oxazole rings is 1. The minimum Gasteiger partial charge on any atom is -0.449 e. The number of likely N-dealkylation sites (N-methyl/N-ethyl adjacent to an activating group) is 1. The van der Waals surface area contributed by atoms with E-state index in [0.29, 0.717) is 18.1 Å². The molecule has 128 valence electrons. The highest BCUT2D eigenvalue weighted by Gasteiger charge is 2.15. The van der Waals surface area contributed by atoms with Crippen molar-refractivity contribution in [1.82, 2.24) is 15.0 Å². The average Bonchev–Trinajstić information content (AvgIpc) is 2.92. The van der Waals surface area contributed by atoms with Crippen LogP contribution in [0.25, 0.3) is 11.3 Å². The van der Waals surface area contributed by atoms with Gasteiger partial charge in [-0.1, -0.05) is 19.1 Å². The van der Waals surface area contributed by atoms with Gasteiger partial charge < -0.3 is 9.73 Å². The topological polar surface area (TPSA) is 84.2 Å². The molecule has 6 nitrogen and oxygen atoms in total. The summed E-state index contributed by atoms with van der Waals surface area (Å²) >= 11 is 0. The van der Waals surface area contributed by atoms with Gasteiger partial charge in [-0.2, -0.15) is 0 Å². The number of aromatic nitrogens is 1. The molecule has 0 saturated carbocycles. The Bertz CT molecular complexity index is 714. The van der Waals surface area contributed by atoms with E-state index in [9.17, 15) is 8.42 Å². The fourth-order valence-corrected chi connectivity index (χ4v) is 3.17. The molecule has 0 radical (unpaired) electrons. The van der Waals surface area contributed by atoms with Crippen LogP contribution in [0.3, 0.4) is 0 Å². The molecule has 2 rings (SSSR count). The molecule has 8 heteroatoms. The first-order chi connectivity index (χ1) is 10.4. The van der Waals surface area contributed by atoms with E-state index in [1.807, 2.05) is 13.8 Å². The van der Waals surface area contributed by atoms with Crippen LogP contribution in [0.2, 0.25) is 0 Å². The zero-order valence-corrected chi connectivity index (χ0v) is 15.0. The fraction of sp³-hybridized carbons (Fsp3) is 0.400. The molecular formula is C15H22ClN3O3S. The van der Waals surface area contributed by atoms with Gasteiger partial charge in [0.1, 0.15) is 12.0 Å². The van der Waals surface area contributed by atoms with E-state index in [-0.39, 0.29) is 23.3 Å². The number of aryl methyl sites for hydroxylation is 1. The Kier molecular flexibility index (Phi) is 7.21. The molecule has 0 bridgehead atoms. The van der Waals surface area contributed by atoms with Crippen LogP contribution in [0, 0.1) is 6.92 Å². The third kappa shape index (κ3) is 5.31. The summed E-state index contributed by atoms with van der Waals surface area (Å²) < 4.78 is 32.2. The van der Waals surface area contributed by atoms with Crippen molar-refractivity contribution in [3.63, 3.8) is 0 Å². The Hall–Kier alpha value is -1.41. The lowest BCUT2D eigenvalue weighted by Crippen LogP contribution is -2.38. The van der Waals surface area contributed by atoms with Gasteiger partial charge in [-0.05, 0) is 25.6 Å². The maximum Gasteiger partial charge on any atom is 0.240 e. The maximum absolute atomic E-state index is 12.2. The van der Waals surface area contributed by atoms with Crippen LogP contribution in [-0.2, 0) is 10.0 Å². The molecular weight excluding hydrogens is 338 g/mol. The summed E-state index contributed by atoms with van der Waals surface area (Å²) in [5.74, 6) is 0.575.